The highest BCUT2D eigenvalue weighted by molar-refractivity contribution is 7.07. The lowest BCUT2D eigenvalue weighted by molar-refractivity contribution is -0.115. The molecule has 0 aliphatic heterocycles. The number of ether oxygens (including phenoxy) is 1. The summed E-state index contributed by atoms with van der Waals surface area (Å²) in [5, 5.41) is 18.0. The smallest absolute Gasteiger partial charge is 0.270 e. The maximum Gasteiger partial charge on any atom is 0.270 e. The van der Waals surface area contributed by atoms with Gasteiger partial charge < -0.3 is 20.7 Å². The zero-order chi connectivity index (χ0) is 21.9. The molecule has 2 aromatic rings. The van der Waals surface area contributed by atoms with Crippen LogP contribution in [0.15, 0.2) is 23.0 Å². The molecule has 1 amide bonds. The van der Waals surface area contributed by atoms with E-state index in [0.29, 0.717) is 35.9 Å². The van der Waals surface area contributed by atoms with Crippen LogP contribution in [0.25, 0.3) is 11.8 Å². The first-order valence-electron chi connectivity index (χ1n) is 9.08. The van der Waals surface area contributed by atoms with E-state index in [1.165, 1.54) is 10.8 Å². The van der Waals surface area contributed by atoms with Crippen LogP contribution in [0.3, 0.4) is 0 Å². The van der Waals surface area contributed by atoms with Gasteiger partial charge in [-0.1, -0.05) is 12.0 Å². The van der Waals surface area contributed by atoms with Crippen molar-refractivity contribution in [2.75, 3.05) is 37.4 Å². The molecule has 10 heteroatoms. The summed E-state index contributed by atoms with van der Waals surface area (Å²) in [5.41, 5.74) is -0.465. The van der Waals surface area contributed by atoms with Crippen molar-refractivity contribution in [1.82, 2.24) is 14.9 Å². The molecule has 0 aliphatic rings. The predicted octanol–water partition coefficient (Wildman–Crippen LogP) is -0.343. The zero-order valence-corrected chi connectivity index (χ0v) is 17.5. The van der Waals surface area contributed by atoms with Crippen LogP contribution in [0.4, 0.5) is 11.6 Å². The number of aromatic nitrogens is 2. The Hall–Kier alpha value is -3.60. The van der Waals surface area contributed by atoms with E-state index in [4.69, 9.17) is 11.2 Å². The maximum atomic E-state index is 12.7. The summed E-state index contributed by atoms with van der Waals surface area (Å²) in [5.74, 6) is 2.86. The number of nitrogens with one attached hydrogen (secondary N) is 3. The summed E-state index contributed by atoms with van der Waals surface area (Å²) in [7, 11) is 1.62. The summed E-state index contributed by atoms with van der Waals surface area (Å²) in [6.07, 6.45) is 6.65. The maximum absolute atomic E-state index is 12.7. The lowest BCUT2D eigenvalue weighted by atomic mass is 10.3. The van der Waals surface area contributed by atoms with Gasteiger partial charge in [0.25, 0.3) is 11.5 Å². The number of terminal acetylenes is 1. The van der Waals surface area contributed by atoms with Crippen LogP contribution >= 0.6 is 11.3 Å². The number of hydrogen-bond donors (Lipinski definition) is 3. The number of nitriles is 1. The largest absolute Gasteiger partial charge is 0.383 e. The predicted molar refractivity (Wildman–Crippen MR) is 117 cm³/mol. The number of rotatable bonds is 9. The molecule has 2 rings (SSSR count). The van der Waals surface area contributed by atoms with Crippen LogP contribution in [0.1, 0.15) is 6.92 Å². The van der Waals surface area contributed by atoms with Gasteiger partial charge in [-0.05, 0) is 19.1 Å². The number of methoxy groups -OCH3 is 1. The number of nitrogens with zero attached hydrogens (tertiary/aromatic N) is 3. The fourth-order valence-electron chi connectivity index (χ4n) is 2.44. The minimum absolute atomic E-state index is 0.00723. The van der Waals surface area contributed by atoms with E-state index in [0.717, 1.165) is 11.3 Å². The number of carbonyl (C=O) groups is 1. The Morgan fingerprint density at radius 3 is 2.87 bits per heavy atom. The Labute approximate surface area is 177 Å². The van der Waals surface area contributed by atoms with E-state index in [9.17, 15) is 14.9 Å². The van der Waals surface area contributed by atoms with Gasteiger partial charge >= 0.3 is 0 Å². The van der Waals surface area contributed by atoms with Crippen molar-refractivity contribution in [3.05, 3.63) is 37.7 Å². The second-order valence-electron chi connectivity index (χ2n) is 5.81. The SMILES string of the molecule is C#CCNC(=O)C(C#N)=c1sc(=CNc2cccc(NCCOC)n2)c(=O)n1CC. The number of carbonyl (C=O) groups excluding carboxylic acids is 1. The van der Waals surface area contributed by atoms with Crippen LogP contribution in [0.2, 0.25) is 0 Å². The highest BCUT2D eigenvalue weighted by atomic mass is 32.1. The van der Waals surface area contributed by atoms with E-state index < -0.39 is 5.91 Å². The molecular formula is C20H22N6O3S. The van der Waals surface area contributed by atoms with Gasteiger partial charge in [-0.3, -0.25) is 14.2 Å². The molecule has 0 saturated heterocycles. The van der Waals surface area contributed by atoms with Crippen molar-refractivity contribution < 1.29 is 9.53 Å². The Bertz CT molecular complexity index is 1150. The van der Waals surface area contributed by atoms with E-state index >= 15 is 0 Å². The number of anilines is 2. The second-order valence-corrected chi connectivity index (χ2v) is 6.84. The van der Waals surface area contributed by atoms with Gasteiger partial charge in [-0.2, -0.15) is 5.26 Å². The third kappa shape index (κ3) is 5.70. The molecule has 0 bridgehead atoms. The molecule has 0 aromatic carbocycles. The molecule has 9 nitrogen and oxygen atoms in total. The highest BCUT2D eigenvalue weighted by Gasteiger charge is 2.14. The molecule has 0 unspecified atom stereocenters. The second kappa shape index (κ2) is 11.4. The topological polar surface area (TPSA) is 121 Å². The Kier molecular flexibility index (Phi) is 8.63. The Balaban J connectivity index is 2.39. The van der Waals surface area contributed by atoms with Crippen molar-refractivity contribution in [1.29, 1.82) is 5.26 Å². The van der Waals surface area contributed by atoms with Crippen LogP contribution in [0, 0.1) is 23.7 Å². The van der Waals surface area contributed by atoms with E-state index in [1.807, 2.05) is 18.2 Å². The Morgan fingerprint density at radius 1 is 1.43 bits per heavy atom. The van der Waals surface area contributed by atoms with E-state index in [1.54, 1.807) is 20.1 Å². The molecule has 0 spiro atoms. The van der Waals surface area contributed by atoms with Crippen molar-refractivity contribution >= 4 is 40.7 Å². The summed E-state index contributed by atoms with van der Waals surface area (Å²) in [6.45, 7) is 3.23. The Morgan fingerprint density at radius 2 is 2.20 bits per heavy atom. The van der Waals surface area contributed by atoms with Crippen molar-refractivity contribution in [3.8, 4) is 18.4 Å². The molecule has 0 fully saturated rings. The molecule has 30 heavy (non-hydrogen) atoms. The molecule has 0 aliphatic carbocycles. The third-order valence-electron chi connectivity index (χ3n) is 3.84. The number of thiazole rings is 1. The van der Waals surface area contributed by atoms with Gasteiger partial charge in [0, 0.05) is 26.4 Å². The van der Waals surface area contributed by atoms with Gasteiger partial charge in [-0.25, -0.2) is 4.98 Å². The first kappa shape index (κ1) is 22.7. The molecule has 0 radical (unpaired) electrons. The van der Waals surface area contributed by atoms with Crippen LogP contribution in [-0.2, 0) is 16.1 Å². The third-order valence-corrected chi connectivity index (χ3v) is 4.97. The minimum Gasteiger partial charge on any atom is -0.383 e. The summed E-state index contributed by atoms with van der Waals surface area (Å²) in [6, 6.07) is 7.26. The monoisotopic (exact) mass is 426 g/mol. The number of amides is 1. The molecule has 0 saturated carbocycles. The van der Waals surface area contributed by atoms with Gasteiger partial charge in [0.15, 0.2) is 5.57 Å². The molecule has 2 aromatic heterocycles. The van der Waals surface area contributed by atoms with Gasteiger partial charge in [0.05, 0.1) is 13.2 Å². The molecule has 2 heterocycles. The first-order valence-corrected chi connectivity index (χ1v) is 9.89. The zero-order valence-electron chi connectivity index (χ0n) is 16.7. The highest BCUT2D eigenvalue weighted by Crippen LogP contribution is 2.08. The lowest BCUT2D eigenvalue weighted by Gasteiger charge is -2.06. The molecule has 0 atom stereocenters. The summed E-state index contributed by atoms with van der Waals surface area (Å²) < 4.78 is 6.98. The van der Waals surface area contributed by atoms with Gasteiger partial charge in [0.2, 0.25) is 0 Å². The standard InChI is InChI=1S/C20H22N6O3S/c1-4-9-23-18(27)14(12-21)20-26(5-2)19(28)15(30-20)13-24-17-8-6-7-16(25-17)22-10-11-29-3/h1,6-8,13H,5,9-11H2,2-3H3,(H,23,27)(H2,22,24,25). The molecule has 3 N–H and O–H groups in total. The fraction of sp³-hybridized carbons (Fsp3) is 0.300. The fourth-order valence-corrected chi connectivity index (χ4v) is 3.53. The minimum atomic E-state index is -0.616. The van der Waals surface area contributed by atoms with Crippen LogP contribution in [0.5, 0.6) is 0 Å². The normalized spacial score (nSPS) is 11.9. The number of hydrogen-bond acceptors (Lipinski definition) is 8. The van der Waals surface area contributed by atoms with Crippen LogP contribution in [-0.4, -0.2) is 42.3 Å². The van der Waals surface area contributed by atoms with Gasteiger partial charge in [-0.15, -0.1) is 17.8 Å². The van der Waals surface area contributed by atoms with Crippen LogP contribution < -0.4 is 30.7 Å². The van der Waals surface area contributed by atoms with Crippen molar-refractivity contribution in [3.63, 3.8) is 0 Å². The molecule has 156 valence electrons. The van der Waals surface area contributed by atoms with Crippen molar-refractivity contribution in [2.24, 2.45) is 0 Å². The summed E-state index contributed by atoms with van der Waals surface area (Å²) in [4.78, 5) is 29.3. The van der Waals surface area contributed by atoms with Crippen molar-refractivity contribution in [2.45, 2.75) is 13.5 Å². The molecular weight excluding hydrogens is 404 g/mol. The van der Waals surface area contributed by atoms with Gasteiger partial charge in [0.1, 0.15) is 26.9 Å². The number of pyridine rings is 1. The average Bonchev–Trinajstić information content (AvgIpc) is 3.06. The quantitative estimate of drug-likeness (QED) is 0.370. The first-order chi connectivity index (χ1) is 14.5. The summed E-state index contributed by atoms with van der Waals surface area (Å²) >= 11 is 1.05. The lowest BCUT2D eigenvalue weighted by Crippen LogP contribution is -2.34. The van der Waals surface area contributed by atoms with E-state index in [2.05, 4.69) is 26.9 Å². The average molecular weight is 427 g/mol. The van der Waals surface area contributed by atoms with E-state index in [-0.39, 0.29) is 22.3 Å².